The number of nitrogens with zero attached hydrogens (tertiary/aromatic N) is 2. The first-order valence-corrected chi connectivity index (χ1v) is 9.17. The maximum absolute atomic E-state index is 12.3. The molecule has 7 heteroatoms. The first kappa shape index (κ1) is 17.8. The lowest BCUT2D eigenvalue weighted by atomic mass is 9.97. The van der Waals surface area contributed by atoms with Crippen molar-refractivity contribution in [2.45, 2.75) is 32.7 Å². The Morgan fingerprint density at radius 1 is 1.32 bits per heavy atom. The minimum Gasteiger partial charge on any atom is -0.465 e. The van der Waals surface area contributed by atoms with Gasteiger partial charge in [0.2, 0.25) is 5.91 Å². The predicted molar refractivity (Wildman–Crippen MR) is 94.0 cm³/mol. The summed E-state index contributed by atoms with van der Waals surface area (Å²) >= 11 is 0. The summed E-state index contributed by atoms with van der Waals surface area (Å²) in [5, 5.41) is 5.80. The molecule has 3 amide bonds. The van der Waals surface area contributed by atoms with Crippen molar-refractivity contribution in [2.24, 2.45) is 5.92 Å². The molecule has 0 saturated carbocycles. The average molecular weight is 348 g/mol. The van der Waals surface area contributed by atoms with Gasteiger partial charge < -0.3 is 20.0 Å². The number of carbonyl (C=O) groups is 2. The Labute approximate surface area is 148 Å². The Kier molecular flexibility index (Phi) is 5.96. The zero-order chi connectivity index (χ0) is 17.6. The second-order valence-electron chi connectivity index (χ2n) is 7.04. The first-order chi connectivity index (χ1) is 12.1. The van der Waals surface area contributed by atoms with Gasteiger partial charge in [-0.2, -0.15) is 0 Å². The fourth-order valence-corrected chi connectivity index (χ4v) is 3.46. The quantitative estimate of drug-likeness (QED) is 0.861. The summed E-state index contributed by atoms with van der Waals surface area (Å²) < 4.78 is 5.64. The summed E-state index contributed by atoms with van der Waals surface area (Å²) in [5.41, 5.74) is 0. The number of hydrogen-bond acceptors (Lipinski definition) is 4. The van der Waals surface area contributed by atoms with Crippen LogP contribution < -0.4 is 10.6 Å². The van der Waals surface area contributed by atoms with Gasteiger partial charge in [0, 0.05) is 19.6 Å². The fourth-order valence-electron chi connectivity index (χ4n) is 3.46. The van der Waals surface area contributed by atoms with Gasteiger partial charge in [-0.05, 0) is 57.3 Å². The number of hydrogen-bond donors (Lipinski definition) is 2. The van der Waals surface area contributed by atoms with Gasteiger partial charge in [0.15, 0.2) is 0 Å². The number of amides is 3. The number of urea groups is 1. The Morgan fingerprint density at radius 2 is 2.12 bits per heavy atom. The van der Waals surface area contributed by atoms with Crippen molar-refractivity contribution in [3.63, 3.8) is 0 Å². The summed E-state index contributed by atoms with van der Waals surface area (Å²) in [6, 6.07) is 3.92. The van der Waals surface area contributed by atoms with Crippen LogP contribution in [-0.2, 0) is 11.3 Å². The highest BCUT2D eigenvalue weighted by atomic mass is 16.3. The fraction of sp³-hybridized carbons (Fsp3) is 0.667. The van der Waals surface area contributed by atoms with Gasteiger partial charge in [-0.3, -0.25) is 9.69 Å². The smallest absolute Gasteiger partial charge is 0.317 e. The van der Waals surface area contributed by atoms with E-state index in [1.165, 1.54) is 0 Å². The molecule has 1 aromatic heterocycles. The van der Waals surface area contributed by atoms with E-state index in [0.29, 0.717) is 25.6 Å². The van der Waals surface area contributed by atoms with Crippen LogP contribution >= 0.6 is 0 Å². The van der Waals surface area contributed by atoms with E-state index in [0.717, 1.165) is 50.4 Å². The van der Waals surface area contributed by atoms with Gasteiger partial charge in [0.05, 0.1) is 6.54 Å². The van der Waals surface area contributed by atoms with E-state index in [1.54, 1.807) is 4.90 Å². The molecule has 0 spiro atoms. The van der Waals surface area contributed by atoms with Crippen molar-refractivity contribution in [1.82, 2.24) is 20.4 Å². The molecule has 2 saturated heterocycles. The van der Waals surface area contributed by atoms with Gasteiger partial charge >= 0.3 is 6.03 Å². The number of nitrogens with one attached hydrogen (secondary N) is 2. The molecule has 138 valence electrons. The number of rotatable bonds is 4. The van der Waals surface area contributed by atoms with Gasteiger partial charge in [-0.25, -0.2) is 4.79 Å². The second-order valence-corrected chi connectivity index (χ2v) is 7.04. The molecule has 2 aliphatic heterocycles. The first-order valence-electron chi connectivity index (χ1n) is 9.17. The van der Waals surface area contributed by atoms with Crippen molar-refractivity contribution in [3.8, 4) is 0 Å². The van der Waals surface area contributed by atoms with E-state index in [1.807, 2.05) is 19.1 Å². The van der Waals surface area contributed by atoms with Crippen molar-refractivity contribution in [3.05, 3.63) is 23.7 Å². The van der Waals surface area contributed by atoms with E-state index in [2.05, 4.69) is 15.5 Å². The van der Waals surface area contributed by atoms with Crippen LogP contribution in [0.15, 0.2) is 16.5 Å². The molecule has 2 N–H and O–H groups in total. The third-order valence-electron chi connectivity index (χ3n) is 4.97. The van der Waals surface area contributed by atoms with Gasteiger partial charge in [0.1, 0.15) is 18.1 Å². The molecule has 0 radical (unpaired) electrons. The van der Waals surface area contributed by atoms with E-state index in [4.69, 9.17) is 4.42 Å². The molecule has 7 nitrogen and oxygen atoms in total. The highest BCUT2D eigenvalue weighted by molar-refractivity contribution is 5.84. The lowest BCUT2D eigenvalue weighted by molar-refractivity contribution is -0.121. The Morgan fingerprint density at radius 3 is 2.84 bits per heavy atom. The monoisotopic (exact) mass is 348 g/mol. The topological polar surface area (TPSA) is 77.8 Å². The molecular weight excluding hydrogens is 320 g/mol. The van der Waals surface area contributed by atoms with Gasteiger partial charge in [-0.1, -0.05) is 0 Å². The van der Waals surface area contributed by atoms with Crippen LogP contribution in [0.2, 0.25) is 0 Å². The normalized spacial score (nSPS) is 20.2. The number of likely N-dealkylation sites (tertiary alicyclic amines) is 1. The molecule has 1 aromatic rings. The third-order valence-corrected chi connectivity index (χ3v) is 4.97. The zero-order valence-electron chi connectivity index (χ0n) is 14.9. The number of piperidine rings is 1. The number of aryl methyl sites for hydroxylation is 1. The molecule has 3 rings (SSSR count). The summed E-state index contributed by atoms with van der Waals surface area (Å²) in [5.74, 6) is 2.40. The largest absolute Gasteiger partial charge is 0.465 e. The highest BCUT2D eigenvalue weighted by Gasteiger charge is 2.23. The van der Waals surface area contributed by atoms with Crippen molar-refractivity contribution in [2.75, 3.05) is 39.3 Å². The number of furan rings is 1. The van der Waals surface area contributed by atoms with Gasteiger partial charge in [-0.15, -0.1) is 0 Å². The standard InChI is InChI=1S/C18H28N4O3/c1-14-3-4-16(25-14)12-21-9-5-15(6-10-21)11-20-18(24)22-8-2-7-19-17(23)13-22/h3-4,15H,2,5-13H2,1H3,(H,19,23)(H,20,24). The molecule has 0 aliphatic carbocycles. The molecule has 0 atom stereocenters. The van der Waals surface area contributed by atoms with Crippen LogP contribution in [0.1, 0.15) is 30.8 Å². The molecule has 0 unspecified atom stereocenters. The van der Waals surface area contributed by atoms with Crippen LogP contribution in [0.4, 0.5) is 4.79 Å². The maximum Gasteiger partial charge on any atom is 0.317 e. The van der Waals surface area contributed by atoms with Crippen molar-refractivity contribution >= 4 is 11.9 Å². The molecule has 25 heavy (non-hydrogen) atoms. The Bertz CT molecular complexity index is 593. The minimum atomic E-state index is -0.120. The van der Waals surface area contributed by atoms with E-state index in [-0.39, 0.29) is 18.5 Å². The van der Waals surface area contributed by atoms with Crippen LogP contribution in [-0.4, -0.2) is 61.0 Å². The van der Waals surface area contributed by atoms with Crippen LogP contribution in [0, 0.1) is 12.8 Å². The van der Waals surface area contributed by atoms with E-state index in [9.17, 15) is 9.59 Å². The third kappa shape index (κ3) is 5.22. The Balaban J connectivity index is 1.37. The zero-order valence-corrected chi connectivity index (χ0v) is 14.9. The van der Waals surface area contributed by atoms with Gasteiger partial charge in [0.25, 0.3) is 0 Å². The lowest BCUT2D eigenvalue weighted by Gasteiger charge is -2.31. The molecule has 2 fully saturated rings. The number of carbonyl (C=O) groups excluding carboxylic acids is 2. The summed E-state index contributed by atoms with van der Waals surface area (Å²) in [6.45, 7) is 6.99. The minimum absolute atomic E-state index is 0.0749. The summed E-state index contributed by atoms with van der Waals surface area (Å²) in [7, 11) is 0. The van der Waals surface area contributed by atoms with E-state index >= 15 is 0 Å². The lowest BCUT2D eigenvalue weighted by Crippen LogP contribution is -2.46. The second kappa shape index (κ2) is 8.38. The predicted octanol–water partition coefficient (Wildman–Crippen LogP) is 1.33. The molecular formula is C18H28N4O3. The molecule has 0 bridgehead atoms. The Hall–Kier alpha value is -2.02. The SMILES string of the molecule is Cc1ccc(CN2CCC(CNC(=O)N3CCCNC(=O)C3)CC2)o1. The summed E-state index contributed by atoms with van der Waals surface area (Å²) in [4.78, 5) is 27.8. The van der Waals surface area contributed by atoms with Crippen LogP contribution in [0.25, 0.3) is 0 Å². The van der Waals surface area contributed by atoms with Crippen molar-refractivity contribution < 1.29 is 14.0 Å². The summed E-state index contributed by atoms with van der Waals surface area (Å²) in [6.07, 6.45) is 2.95. The highest BCUT2D eigenvalue weighted by Crippen LogP contribution is 2.19. The molecule has 2 aliphatic rings. The van der Waals surface area contributed by atoms with Crippen LogP contribution in [0.3, 0.4) is 0 Å². The average Bonchev–Trinajstić information content (AvgIpc) is 2.88. The van der Waals surface area contributed by atoms with E-state index < -0.39 is 0 Å². The molecule has 0 aromatic carbocycles. The maximum atomic E-state index is 12.3. The van der Waals surface area contributed by atoms with Crippen molar-refractivity contribution in [1.29, 1.82) is 0 Å². The molecule has 3 heterocycles. The van der Waals surface area contributed by atoms with Crippen LogP contribution in [0.5, 0.6) is 0 Å².